The standard InChI is InChI=1S/C23H25N3O2/c1-23(2,3)19-7-5-6-8-20(19)26-22(27)16-13-14-24-21(15-16)25-17-9-11-18(28-4)12-10-17/h5-15H,1-4H3,(H,24,25)(H,26,27). The third-order valence-corrected chi connectivity index (χ3v) is 4.37. The molecule has 2 N–H and O–H groups in total. The number of pyridine rings is 1. The van der Waals surface area contributed by atoms with Gasteiger partial charge in [-0.1, -0.05) is 39.0 Å². The van der Waals surface area contributed by atoms with Gasteiger partial charge < -0.3 is 15.4 Å². The highest BCUT2D eigenvalue weighted by atomic mass is 16.5. The second kappa shape index (κ2) is 8.13. The molecule has 0 spiro atoms. The van der Waals surface area contributed by atoms with Crippen LogP contribution in [0, 0.1) is 0 Å². The summed E-state index contributed by atoms with van der Waals surface area (Å²) in [5.74, 6) is 1.21. The van der Waals surface area contributed by atoms with Gasteiger partial charge in [-0.3, -0.25) is 4.79 Å². The molecule has 0 atom stereocenters. The van der Waals surface area contributed by atoms with E-state index in [9.17, 15) is 4.79 Å². The number of nitrogens with zero attached hydrogens (tertiary/aromatic N) is 1. The van der Waals surface area contributed by atoms with Crippen LogP contribution in [0.25, 0.3) is 0 Å². The Bertz CT molecular complexity index is 960. The summed E-state index contributed by atoms with van der Waals surface area (Å²) in [6.45, 7) is 6.38. The van der Waals surface area contributed by atoms with Crippen LogP contribution in [0.3, 0.4) is 0 Å². The van der Waals surface area contributed by atoms with Crippen molar-refractivity contribution >= 4 is 23.1 Å². The van der Waals surface area contributed by atoms with E-state index in [1.54, 1.807) is 25.4 Å². The molecule has 5 heteroatoms. The molecule has 144 valence electrons. The van der Waals surface area contributed by atoms with E-state index in [0.29, 0.717) is 11.4 Å². The lowest BCUT2D eigenvalue weighted by atomic mass is 9.86. The first-order chi connectivity index (χ1) is 13.4. The molecule has 0 saturated heterocycles. The van der Waals surface area contributed by atoms with Gasteiger partial charge in [-0.25, -0.2) is 4.98 Å². The minimum Gasteiger partial charge on any atom is -0.497 e. The normalized spacial score (nSPS) is 11.0. The Labute approximate surface area is 165 Å². The van der Waals surface area contributed by atoms with Crippen molar-refractivity contribution in [3.05, 3.63) is 78.0 Å². The number of amides is 1. The summed E-state index contributed by atoms with van der Waals surface area (Å²) in [4.78, 5) is 17.1. The van der Waals surface area contributed by atoms with Crippen LogP contribution in [0.5, 0.6) is 5.75 Å². The maximum atomic E-state index is 12.8. The Hall–Kier alpha value is -3.34. The Morgan fingerprint density at radius 3 is 2.39 bits per heavy atom. The summed E-state index contributed by atoms with van der Waals surface area (Å²) >= 11 is 0. The highest BCUT2D eigenvalue weighted by Crippen LogP contribution is 2.29. The van der Waals surface area contributed by atoms with E-state index in [-0.39, 0.29) is 11.3 Å². The Morgan fingerprint density at radius 2 is 1.71 bits per heavy atom. The first-order valence-corrected chi connectivity index (χ1v) is 9.15. The molecule has 0 radical (unpaired) electrons. The van der Waals surface area contributed by atoms with Crippen LogP contribution in [0.15, 0.2) is 66.9 Å². The molecule has 1 aromatic heterocycles. The maximum Gasteiger partial charge on any atom is 0.255 e. The van der Waals surface area contributed by atoms with Crippen molar-refractivity contribution in [2.45, 2.75) is 26.2 Å². The Kier molecular flexibility index (Phi) is 5.64. The summed E-state index contributed by atoms with van der Waals surface area (Å²) in [5, 5.41) is 6.23. The molecule has 0 aliphatic rings. The number of nitrogens with one attached hydrogen (secondary N) is 2. The highest BCUT2D eigenvalue weighted by Gasteiger charge is 2.19. The molecule has 3 aromatic rings. The van der Waals surface area contributed by atoms with E-state index in [2.05, 4.69) is 36.4 Å². The monoisotopic (exact) mass is 375 g/mol. The number of carbonyl (C=O) groups is 1. The molecule has 0 fully saturated rings. The van der Waals surface area contributed by atoms with Gasteiger partial charge in [0.25, 0.3) is 5.91 Å². The lowest BCUT2D eigenvalue weighted by Gasteiger charge is -2.23. The van der Waals surface area contributed by atoms with Crippen LogP contribution in [0.4, 0.5) is 17.2 Å². The second-order valence-electron chi connectivity index (χ2n) is 7.53. The van der Waals surface area contributed by atoms with Gasteiger partial charge in [0.05, 0.1) is 7.11 Å². The van der Waals surface area contributed by atoms with E-state index in [4.69, 9.17) is 4.74 Å². The van der Waals surface area contributed by atoms with E-state index in [1.165, 1.54) is 0 Å². The topological polar surface area (TPSA) is 63.2 Å². The largest absolute Gasteiger partial charge is 0.497 e. The average molecular weight is 375 g/mol. The predicted molar refractivity (Wildman–Crippen MR) is 114 cm³/mol. The number of rotatable bonds is 5. The summed E-state index contributed by atoms with van der Waals surface area (Å²) in [7, 11) is 1.63. The fraction of sp³-hybridized carbons (Fsp3) is 0.217. The molecule has 0 aliphatic heterocycles. The number of methoxy groups -OCH3 is 1. The minimum atomic E-state index is -0.170. The maximum absolute atomic E-state index is 12.8. The van der Waals surface area contributed by atoms with Crippen LogP contribution in [0.1, 0.15) is 36.7 Å². The Balaban J connectivity index is 1.77. The molecule has 0 bridgehead atoms. The van der Waals surface area contributed by atoms with Crippen LogP contribution in [-0.2, 0) is 5.41 Å². The van der Waals surface area contributed by atoms with Gasteiger partial charge in [0.2, 0.25) is 0 Å². The van der Waals surface area contributed by atoms with Gasteiger partial charge in [-0.2, -0.15) is 0 Å². The van der Waals surface area contributed by atoms with E-state index in [1.807, 2.05) is 48.5 Å². The van der Waals surface area contributed by atoms with E-state index in [0.717, 1.165) is 22.7 Å². The van der Waals surface area contributed by atoms with E-state index >= 15 is 0 Å². The molecule has 0 unspecified atom stereocenters. The van der Waals surface area contributed by atoms with Crippen molar-refractivity contribution < 1.29 is 9.53 Å². The minimum absolute atomic E-state index is 0.0663. The van der Waals surface area contributed by atoms with Crippen LogP contribution < -0.4 is 15.4 Å². The number of para-hydroxylation sites is 1. The van der Waals surface area contributed by atoms with Crippen molar-refractivity contribution in [2.24, 2.45) is 0 Å². The molecule has 2 aromatic carbocycles. The lowest BCUT2D eigenvalue weighted by Crippen LogP contribution is -2.18. The van der Waals surface area contributed by atoms with Crippen molar-refractivity contribution in [1.29, 1.82) is 0 Å². The number of hydrogen-bond acceptors (Lipinski definition) is 4. The van der Waals surface area contributed by atoms with E-state index < -0.39 is 0 Å². The Morgan fingerprint density at radius 1 is 1.00 bits per heavy atom. The molecule has 0 aliphatic carbocycles. The molecule has 1 amide bonds. The molecule has 0 saturated carbocycles. The van der Waals surface area contributed by atoms with Crippen molar-refractivity contribution in [2.75, 3.05) is 17.7 Å². The van der Waals surface area contributed by atoms with Crippen LogP contribution in [-0.4, -0.2) is 18.0 Å². The fourth-order valence-corrected chi connectivity index (χ4v) is 2.90. The summed E-state index contributed by atoms with van der Waals surface area (Å²) in [5.41, 5.74) is 3.25. The van der Waals surface area contributed by atoms with Gasteiger partial charge >= 0.3 is 0 Å². The number of anilines is 3. The van der Waals surface area contributed by atoms with Gasteiger partial charge in [-0.05, 0) is 53.4 Å². The van der Waals surface area contributed by atoms with Crippen molar-refractivity contribution in [3.8, 4) is 5.75 Å². The number of hydrogen-bond donors (Lipinski definition) is 2. The highest BCUT2D eigenvalue weighted by molar-refractivity contribution is 6.05. The first kappa shape index (κ1) is 19.4. The van der Waals surface area contributed by atoms with Crippen LogP contribution in [0.2, 0.25) is 0 Å². The number of carbonyl (C=O) groups excluding carboxylic acids is 1. The quantitative estimate of drug-likeness (QED) is 0.628. The zero-order valence-electron chi connectivity index (χ0n) is 16.6. The smallest absolute Gasteiger partial charge is 0.255 e. The van der Waals surface area contributed by atoms with Crippen molar-refractivity contribution in [3.63, 3.8) is 0 Å². The molecule has 1 heterocycles. The molecule has 28 heavy (non-hydrogen) atoms. The molecular formula is C23H25N3O2. The molecule has 3 rings (SSSR count). The van der Waals surface area contributed by atoms with Gasteiger partial charge in [-0.15, -0.1) is 0 Å². The zero-order chi connectivity index (χ0) is 20.1. The SMILES string of the molecule is COc1ccc(Nc2cc(C(=O)Nc3ccccc3C(C)(C)C)ccn2)cc1. The summed E-state index contributed by atoms with van der Waals surface area (Å²) in [6, 6.07) is 18.8. The summed E-state index contributed by atoms with van der Waals surface area (Å²) in [6.07, 6.45) is 1.62. The second-order valence-corrected chi connectivity index (χ2v) is 7.53. The number of ether oxygens (including phenoxy) is 1. The number of benzene rings is 2. The fourth-order valence-electron chi connectivity index (χ4n) is 2.90. The molecule has 5 nitrogen and oxygen atoms in total. The number of aromatic nitrogens is 1. The zero-order valence-corrected chi connectivity index (χ0v) is 16.6. The third kappa shape index (κ3) is 4.68. The lowest BCUT2D eigenvalue weighted by molar-refractivity contribution is 0.102. The third-order valence-electron chi connectivity index (χ3n) is 4.37. The van der Waals surface area contributed by atoms with Crippen LogP contribution >= 0.6 is 0 Å². The summed E-state index contributed by atoms with van der Waals surface area (Å²) < 4.78 is 5.16. The molecular weight excluding hydrogens is 350 g/mol. The van der Waals surface area contributed by atoms with Crippen molar-refractivity contribution in [1.82, 2.24) is 4.98 Å². The van der Waals surface area contributed by atoms with Gasteiger partial charge in [0.15, 0.2) is 0 Å². The van der Waals surface area contributed by atoms with Gasteiger partial charge in [0, 0.05) is 23.1 Å². The predicted octanol–water partition coefficient (Wildman–Crippen LogP) is 5.38. The van der Waals surface area contributed by atoms with Gasteiger partial charge in [0.1, 0.15) is 11.6 Å². The first-order valence-electron chi connectivity index (χ1n) is 9.15. The average Bonchev–Trinajstić information content (AvgIpc) is 2.68.